The molecule has 1 fully saturated rings. The van der Waals surface area contributed by atoms with Crippen LogP contribution in [0, 0.1) is 20.8 Å². The number of nitrogens with zero attached hydrogens (tertiary/aromatic N) is 4. The molecule has 1 N–H and O–H groups in total. The van der Waals surface area contributed by atoms with Crippen LogP contribution in [0.4, 0.5) is 0 Å². The molecule has 1 aliphatic carbocycles. The highest BCUT2D eigenvalue weighted by Gasteiger charge is 2.20. The van der Waals surface area contributed by atoms with E-state index in [2.05, 4.69) is 20.3 Å². The lowest BCUT2D eigenvalue weighted by Crippen LogP contribution is -2.17. The molecule has 0 aliphatic heterocycles. The Hall–Kier alpha value is -1.75. The van der Waals surface area contributed by atoms with Crippen LogP contribution >= 0.6 is 0 Å². The number of aromatic nitrogens is 4. The van der Waals surface area contributed by atoms with Crippen LogP contribution in [0.5, 0.6) is 0 Å². The van der Waals surface area contributed by atoms with Gasteiger partial charge in [0.2, 0.25) is 5.95 Å². The molecular formula is C14H19N5. The van der Waals surface area contributed by atoms with E-state index in [4.69, 9.17) is 0 Å². The van der Waals surface area contributed by atoms with Gasteiger partial charge in [-0.25, -0.2) is 15.0 Å². The number of imidazole rings is 1. The lowest BCUT2D eigenvalue weighted by Gasteiger charge is -2.09. The molecule has 0 bridgehead atoms. The number of hydrogen-bond acceptors (Lipinski definition) is 4. The van der Waals surface area contributed by atoms with Gasteiger partial charge >= 0.3 is 0 Å². The molecule has 100 valence electrons. The van der Waals surface area contributed by atoms with Crippen LogP contribution in [0.1, 0.15) is 35.5 Å². The van der Waals surface area contributed by atoms with E-state index in [-0.39, 0.29) is 0 Å². The summed E-state index contributed by atoms with van der Waals surface area (Å²) in [6.45, 7) is 6.92. The predicted octanol–water partition coefficient (Wildman–Crippen LogP) is 1.84. The SMILES string of the molecule is Cc1nc(-n2cnc(C)c2C)ncc1CNC1CC1. The van der Waals surface area contributed by atoms with Gasteiger partial charge in [0.1, 0.15) is 6.33 Å². The molecular weight excluding hydrogens is 238 g/mol. The van der Waals surface area contributed by atoms with E-state index in [0.717, 1.165) is 23.6 Å². The van der Waals surface area contributed by atoms with Crippen molar-refractivity contribution in [2.45, 2.75) is 46.2 Å². The van der Waals surface area contributed by atoms with Gasteiger partial charge < -0.3 is 5.32 Å². The van der Waals surface area contributed by atoms with Gasteiger partial charge in [0, 0.05) is 35.7 Å². The minimum atomic E-state index is 0.700. The first-order valence-corrected chi connectivity index (χ1v) is 6.72. The smallest absolute Gasteiger partial charge is 0.235 e. The second kappa shape index (κ2) is 4.74. The zero-order chi connectivity index (χ0) is 13.4. The molecule has 1 saturated carbocycles. The maximum atomic E-state index is 4.59. The second-order valence-electron chi connectivity index (χ2n) is 5.22. The van der Waals surface area contributed by atoms with Gasteiger partial charge in [-0.05, 0) is 33.6 Å². The van der Waals surface area contributed by atoms with Gasteiger partial charge in [0.05, 0.1) is 5.69 Å². The third-order valence-corrected chi connectivity index (χ3v) is 3.69. The zero-order valence-electron chi connectivity index (χ0n) is 11.6. The fraction of sp³-hybridized carbons (Fsp3) is 0.500. The molecule has 0 radical (unpaired) electrons. The van der Waals surface area contributed by atoms with Crippen molar-refractivity contribution in [1.29, 1.82) is 0 Å². The Morgan fingerprint density at radius 1 is 1.21 bits per heavy atom. The van der Waals surface area contributed by atoms with Gasteiger partial charge in [-0.1, -0.05) is 0 Å². The first-order chi connectivity index (χ1) is 9.15. The third-order valence-electron chi connectivity index (χ3n) is 3.69. The fourth-order valence-corrected chi connectivity index (χ4v) is 2.01. The second-order valence-corrected chi connectivity index (χ2v) is 5.22. The Morgan fingerprint density at radius 3 is 2.58 bits per heavy atom. The van der Waals surface area contributed by atoms with Crippen molar-refractivity contribution in [2.24, 2.45) is 0 Å². The van der Waals surface area contributed by atoms with Gasteiger partial charge in [0.25, 0.3) is 0 Å². The number of hydrogen-bond donors (Lipinski definition) is 1. The Kier molecular flexibility index (Phi) is 3.06. The van der Waals surface area contributed by atoms with Crippen molar-refractivity contribution in [3.8, 4) is 5.95 Å². The van der Waals surface area contributed by atoms with E-state index in [9.17, 15) is 0 Å². The summed E-state index contributed by atoms with van der Waals surface area (Å²) in [4.78, 5) is 13.3. The first-order valence-electron chi connectivity index (χ1n) is 6.72. The molecule has 0 aromatic carbocycles. The van der Waals surface area contributed by atoms with E-state index >= 15 is 0 Å². The summed E-state index contributed by atoms with van der Waals surface area (Å²) >= 11 is 0. The molecule has 2 aromatic heterocycles. The minimum absolute atomic E-state index is 0.700. The van der Waals surface area contributed by atoms with Crippen molar-refractivity contribution in [3.05, 3.63) is 35.2 Å². The van der Waals surface area contributed by atoms with E-state index in [1.165, 1.54) is 18.4 Å². The van der Waals surface area contributed by atoms with Crippen LogP contribution in [0.3, 0.4) is 0 Å². The highest BCUT2D eigenvalue weighted by molar-refractivity contribution is 5.25. The molecule has 0 amide bonds. The van der Waals surface area contributed by atoms with Gasteiger partial charge in [-0.3, -0.25) is 4.57 Å². The Balaban J connectivity index is 1.83. The molecule has 2 heterocycles. The van der Waals surface area contributed by atoms with Crippen molar-refractivity contribution in [3.63, 3.8) is 0 Å². The average Bonchev–Trinajstić information content (AvgIpc) is 3.16. The van der Waals surface area contributed by atoms with Gasteiger partial charge in [-0.2, -0.15) is 0 Å². The van der Waals surface area contributed by atoms with Crippen LogP contribution in [0.25, 0.3) is 5.95 Å². The molecule has 3 rings (SSSR count). The maximum absolute atomic E-state index is 4.59. The monoisotopic (exact) mass is 257 g/mol. The van der Waals surface area contributed by atoms with Crippen LogP contribution in [0.15, 0.2) is 12.5 Å². The van der Waals surface area contributed by atoms with E-state index < -0.39 is 0 Å². The average molecular weight is 257 g/mol. The highest BCUT2D eigenvalue weighted by Crippen LogP contribution is 2.19. The molecule has 0 saturated heterocycles. The molecule has 1 aliphatic rings. The van der Waals surface area contributed by atoms with Crippen LogP contribution in [-0.4, -0.2) is 25.6 Å². The number of rotatable bonds is 4. The molecule has 5 nitrogen and oxygen atoms in total. The van der Waals surface area contributed by atoms with Crippen molar-refractivity contribution in [1.82, 2.24) is 24.8 Å². The maximum Gasteiger partial charge on any atom is 0.235 e. The van der Waals surface area contributed by atoms with Gasteiger partial charge in [0.15, 0.2) is 0 Å². The molecule has 19 heavy (non-hydrogen) atoms. The predicted molar refractivity (Wildman–Crippen MR) is 73.2 cm³/mol. The molecule has 0 atom stereocenters. The summed E-state index contributed by atoms with van der Waals surface area (Å²) in [6.07, 6.45) is 6.29. The summed E-state index contributed by atoms with van der Waals surface area (Å²) in [5.41, 5.74) is 4.30. The molecule has 5 heteroatoms. The number of nitrogens with one attached hydrogen (secondary N) is 1. The first kappa shape index (κ1) is 12.3. The van der Waals surface area contributed by atoms with Crippen molar-refractivity contribution in [2.75, 3.05) is 0 Å². The van der Waals surface area contributed by atoms with Crippen molar-refractivity contribution >= 4 is 0 Å². The van der Waals surface area contributed by atoms with Crippen molar-refractivity contribution < 1.29 is 0 Å². The number of aryl methyl sites for hydroxylation is 2. The van der Waals surface area contributed by atoms with E-state index in [1.807, 2.05) is 31.5 Å². The zero-order valence-corrected chi connectivity index (χ0v) is 11.6. The summed E-state index contributed by atoms with van der Waals surface area (Å²) < 4.78 is 1.93. The summed E-state index contributed by atoms with van der Waals surface area (Å²) in [6, 6.07) is 0.706. The summed E-state index contributed by atoms with van der Waals surface area (Å²) in [5.74, 6) is 0.700. The third kappa shape index (κ3) is 2.51. The van der Waals surface area contributed by atoms with Gasteiger partial charge in [-0.15, -0.1) is 0 Å². The Morgan fingerprint density at radius 2 is 2.00 bits per heavy atom. The largest absolute Gasteiger partial charge is 0.310 e. The van der Waals surface area contributed by atoms with Crippen LogP contribution in [-0.2, 0) is 6.54 Å². The van der Waals surface area contributed by atoms with Crippen LogP contribution < -0.4 is 5.32 Å². The normalized spacial score (nSPS) is 14.9. The standard InChI is InChI=1S/C14H19N5/c1-9-11(3)19(8-17-9)14-16-7-12(10(2)18-14)6-15-13-4-5-13/h7-8,13,15H,4-6H2,1-3H3. The molecule has 2 aromatic rings. The lowest BCUT2D eigenvalue weighted by atomic mass is 10.2. The van der Waals surface area contributed by atoms with E-state index in [0.29, 0.717) is 12.0 Å². The van der Waals surface area contributed by atoms with E-state index in [1.54, 1.807) is 6.33 Å². The van der Waals surface area contributed by atoms with Crippen LogP contribution in [0.2, 0.25) is 0 Å². The topological polar surface area (TPSA) is 55.6 Å². The highest BCUT2D eigenvalue weighted by atomic mass is 15.2. The summed E-state index contributed by atoms with van der Waals surface area (Å²) in [5, 5.41) is 3.49. The summed E-state index contributed by atoms with van der Waals surface area (Å²) in [7, 11) is 0. The Labute approximate surface area is 113 Å². The minimum Gasteiger partial charge on any atom is -0.310 e. The lowest BCUT2D eigenvalue weighted by molar-refractivity contribution is 0.677. The fourth-order valence-electron chi connectivity index (χ4n) is 2.01. The quantitative estimate of drug-likeness (QED) is 0.908. The Bertz CT molecular complexity index is 598. The molecule has 0 spiro atoms. The molecule has 0 unspecified atom stereocenters.